The zero-order chi connectivity index (χ0) is 43.5. The van der Waals surface area contributed by atoms with E-state index in [0.717, 1.165) is 38.9 Å². The van der Waals surface area contributed by atoms with Gasteiger partial charge in [-0.15, -0.1) is 0 Å². The van der Waals surface area contributed by atoms with Crippen molar-refractivity contribution in [2.45, 2.75) is 57.1 Å². The van der Waals surface area contributed by atoms with Crippen LogP contribution in [0.3, 0.4) is 0 Å². The molecule has 62 heavy (non-hydrogen) atoms. The molecule has 4 atom stereocenters. The fraction of sp³-hybridized carbons (Fsp3) is 0.200. The molecule has 2 aliphatic rings. The van der Waals surface area contributed by atoms with Gasteiger partial charge < -0.3 is 24.8 Å². The van der Waals surface area contributed by atoms with Crippen molar-refractivity contribution in [3.8, 4) is 28.7 Å². The molecule has 0 aliphatic carbocycles. The number of nitriles is 1. The number of amides is 2. The molecular formula is C50H42Cl2N4O6. The lowest BCUT2D eigenvalue weighted by molar-refractivity contribution is -0.143. The summed E-state index contributed by atoms with van der Waals surface area (Å²) >= 11 is 12.2. The van der Waals surface area contributed by atoms with E-state index in [9.17, 15) is 19.5 Å². The van der Waals surface area contributed by atoms with E-state index in [4.69, 9.17) is 37.9 Å². The third kappa shape index (κ3) is 9.02. The monoisotopic (exact) mass is 864 g/mol. The minimum absolute atomic E-state index is 0.0830. The second-order valence-electron chi connectivity index (χ2n) is 15.6. The molecule has 2 heterocycles. The highest BCUT2D eigenvalue weighted by Gasteiger charge is 2.40. The highest BCUT2D eigenvalue weighted by molar-refractivity contribution is 6.42. The summed E-state index contributed by atoms with van der Waals surface area (Å²) < 4.78 is 12.4. The molecule has 2 N–H and O–H groups in total. The molecule has 0 saturated carbocycles. The number of ether oxygens (including phenoxy) is 2. The fourth-order valence-corrected chi connectivity index (χ4v) is 8.37. The topological polar surface area (TPSA) is 132 Å². The number of carboxylic acid groups (broad SMARTS) is 1. The normalized spacial score (nSPS) is 16.8. The molecule has 10 nitrogen and oxygen atoms in total. The predicted octanol–water partition coefficient (Wildman–Crippen LogP) is 9.51. The molecule has 312 valence electrons. The minimum atomic E-state index is -1.18. The van der Waals surface area contributed by atoms with E-state index in [1.165, 1.54) is 0 Å². The van der Waals surface area contributed by atoms with E-state index in [2.05, 4.69) is 16.3 Å². The highest BCUT2D eigenvalue weighted by atomic mass is 35.5. The molecule has 0 aromatic heterocycles. The number of nitrogens with one attached hydrogen (secondary N) is 1. The lowest BCUT2D eigenvalue weighted by Crippen LogP contribution is -2.55. The fourth-order valence-electron chi connectivity index (χ4n) is 8.04. The van der Waals surface area contributed by atoms with Crippen LogP contribution in [-0.2, 0) is 40.4 Å². The molecule has 0 saturated heterocycles. The van der Waals surface area contributed by atoms with Gasteiger partial charge in [0, 0.05) is 31.6 Å². The largest absolute Gasteiger partial charge is 0.489 e. The molecule has 2 aliphatic heterocycles. The minimum Gasteiger partial charge on any atom is -0.489 e. The number of hydrogen-bond acceptors (Lipinski definition) is 7. The molecule has 0 spiro atoms. The van der Waals surface area contributed by atoms with Gasteiger partial charge in [-0.25, -0.2) is 4.79 Å². The Balaban J connectivity index is 1.01. The quantitative estimate of drug-likeness (QED) is 0.124. The number of rotatable bonds is 12. The molecular weight excluding hydrogens is 823 g/mol. The summed E-state index contributed by atoms with van der Waals surface area (Å²) in [7, 11) is 1.71. The van der Waals surface area contributed by atoms with Crippen LogP contribution in [0.25, 0.3) is 11.1 Å². The molecule has 6 aromatic carbocycles. The van der Waals surface area contributed by atoms with Gasteiger partial charge >= 0.3 is 5.97 Å². The van der Waals surface area contributed by atoms with Crippen LogP contribution in [-0.4, -0.2) is 46.9 Å². The Bertz CT molecular complexity index is 2670. The smallest absolute Gasteiger partial charge is 0.326 e. The number of carboxylic acids is 1. The summed E-state index contributed by atoms with van der Waals surface area (Å²) in [6.45, 7) is 2.71. The third-order valence-electron chi connectivity index (χ3n) is 11.6. The van der Waals surface area contributed by atoms with Crippen LogP contribution < -0.4 is 19.7 Å². The van der Waals surface area contributed by atoms with Crippen molar-refractivity contribution in [2.75, 3.05) is 11.9 Å². The highest BCUT2D eigenvalue weighted by Crippen LogP contribution is 2.43. The number of nitrogens with zero attached hydrogens (tertiary/aromatic N) is 3. The van der Waals surface area contributed by atoms with Crippen molar-refractivity contribution in [1.82, 2.24) is 10.2 Å². The van der Waals surface area contributed by atoms with Gasteiger partial charge in [0.1, 0.15) is 24.1 Å². The molecule has 6 aromatic rings. The zero-order valence-corrected chi connectivity index (χ0v) is 35.4. The Kier molecular flexibility index (Phi) is 12.3. The average Bonchev–Trinajstić information content (AvgIpc) is 3.30. The molecule has 12 heteroatoms. The number of carbonyl (C=O) groups excluding carboxylic acids is 2. The molecule has 0 fully saturated rings. The molecule has 0 radical (unpaired) electrons. The SMILES string of the molecule is CC(c1ccccc1)N1Cc2cc3c(cc2CC1C(=O)N[C@@H](Cc1ccc(-c2ccc(C#N)cc2)cc1)C(=O)O)N(C)C(=O)[C@H](c1ccc(OCc2ccc(Cl)c(Cl)c2)cc1)O3. The van der Waals surface area contributed by atoms with Crippen molar-refractivity contribution in [1.29, 1.82) is 5.26 Å². The maximum Gasteiger partial charge on any atom is 0.326 e. The van der Waals surface area contributed by atoms with Gasteiger partial charge in [0.05, 0.1) is 33.4 Å². The molecule has 2 amide bonds. The first kappa shape index (κ1) is 42.1. The summed E-state index contributed by atoms with van der Waals surface area (Å²) in [6.07, 6.45) is -0.525. The van der Waals surface area contributed by atoms with Crippen LogP contribution >= 0.6 is 23.2 Å². The van der Waals surface area contributed by atoms with Gasteiger partial charge in [0.15, 0.2) is 0 Å². The van der Waals surface area contributed by atoms with Crippen molar-refractivity contribution >= 4 is 46.7 Å². The van der Waals surface area contributed by atoms with E-state index < -0.39 is 30.1 Å². The van der Waals surface area contributed by atoms with E-state index in [-0.39, 0.29) is 31.4 Å². The van der Waals surface area contributed by atoms with Crippen molar-refractivity contribution in [3.63, 3.8) is 0 Å². The Morgan fingerprint density at radius 3 is 2.21 bits per heavy atom. The van der Waals surface area contributed by atoms with Crippen molar-refractivity contribution in [2.24, 2.45) is 0 Å². The summed E-state index contributed by atoms with van der Waals surface area (Å²) in [5, 5.41) is 23.3. The number of aliphatic carboxylic acids is 1. The Morgan fingerprint density at radius 1 is 0.871 bits per heavy atom. The maximum absolute atomic E-state index is 14.4. The Hall–Kier alpha value is -6.64. The van der Waals surface area contributed by atoms with Crippen LogP contribution in [0.15, 0.2) is 133 Å². The van der Waals surface area contributed by atoms with E-state index in [1.54, 1.807) is 48.3 Å². The zero-order valence-electron chi connectivity index (χ0n) is 33.9. The van der Waals surface area contributed by atoms with Gasteiger partial charge in [-0.3, -0.25) is 14.5 Å². The summed E-state index contributed by atoms with van der Waals surface area (Å²) in [5.74, 6) is -0.632. The van der Waals surface area contributed by atoms with Crippen LogP contribution in [0, 0.1) is 11.3 Å². The van der Waals surface area contributed by atoms with Gasteiger partial charge in [-0.1, -0.05) is 108 Å². The first-order chi connectivity index (χ1) is 29.9. The number of carbonyl (C=O) groups is 3. The predicted molar refractivity (Wildman–Crippen MR) is 238 cm³/mol. The van der Waals surface area contributed by atoms with Crippen LogP contribution in [0.1, 0.15) is 58.0 Å². The van der Waals surface area contributed by atoms with Crippen LogP contribution in [0.4, 0.5) is 5.69 Å². The standard InChI is InChI=1S/C50H42Cl2N4O6/c1-30(34-6-4-3-5-7-34)56-28-39-26-46-44(55(2)49(58)47(62-46)37-17-19-40(20-18-37)61-29-33-12-21-41(51)42(52)22-33)24-38(39)25-45(56)48(57)54-43(50(59)60)23-31-8-13-35(14-9-31)36-15-10-32(27-53)11-16-36/h3-22,24,26,30,43,45,47H,23,25,28-29H2,1-2H3,(H,54,57)(H,59,60)/t30?,43-,45?,47-/m0/s1. The summed E-state index contributed by atoms with van der Waals surface area (Å²) in [6, 6.07) is 41.1. The third-order valence-corrected chi connectivity index (χ3v) is 12.4. The maximum atomic E-state index is 14.4. The molecule has 2 unspecified atom stereocenters. The summed E-state index contributed by atoms with van der Waals surface area (Å²) in [4.78, 5) is 44.5. The summed E-state index contributed by atoms with van der Waals surface area (Å²) in [5.41, 5.74) is 8.11. The van der Waals surface area contributed by atoms with E-state index >= 15 is 0 Å². The number of benzene rings is 6. The lowest BCUT2D eigenvalue weighted by Gasteiger charge is -2.41. The number of likely N-dealkylation sites (N-methyl/N-ethyl adjacent to an activating group) is 1. The lowest BCUT2D eigenvalue weighted by atomic mass is 9.89. The van der Waals surface area contributed by atoms with E-state index in [0.29, 0.717) is 44.9 Å². The van der Waals surface area contributed by atoms with Crippen molar-refractivity contribution in [3.05, 3.63) is 182 Å². The average molecular weight is 866 g/mol. The van der Waals surface area contributed by atoms with Gasteiger partial charge in [-0.2, -0.15) is 5.26 Å². The van der Waals surface area contributed by atoms with Gasteiger partial charge in [0.25, 0.3) is 5.91 Å². The second-order valence-corrected chi connectivity index (χ2v) is 16.4. The Morgan fingerprint density at radius 2 is 1.55 bits per heavy atom. The number of fused-ring (bicyclic) bond motifs is 2. The molecule has 0 bridgehead atoms. The number of anilines is 1. The first-order valence-corrected chi connectivity index (χ1v) is 20.9. The van der Waals surface area contributed by atoms with Crippen LogP contribution in [0.2, 0.25) is 10.0 Å². The van der Waals surface area contributed by atoms with Gasteiger partial charge in [-0.05, 0) is 101 Å². The first-order valence-electron chi connectivity index (χ1n) is 20.2. The van der Waals surface area contributed by atoms with E-state index in [1.807, 2.05) is 104 Å². The second kappa shape index (κ2) is 18.1. The Labute approximate surface area is 369 Å². The molecule has 8 rings (SSSR count). The number of hydrogen-bond donors (Lipinski definition) is 2. The van der Waals surface area contributed by atoms with Crippen LogP contribution in [0.5, 0.6) is 11.5 Å². The van der Waals surface area contributed by atoms with Crippen molar-refractivity contribution < 1.29 is 29.0 Å². The number of halogens is 2. The van der Waals surface area contributed by atoms with Gasteiger partial charge in [0.2, 0.25) is 12.0 Å².